The van der Waals surface area contributed by atoms with Crippen LogP contribution in [0.1, 0.15) is 18.4 Å². The first-order chi connectivity index (χ1) is 9.01. The van der Waals surface area contributed by atoms with Crippen LogP contribution in [0.4, 0.5) is 0 Å². The molecule has 2 unspecified atom stereocenters. The van der Waals surface area contributed by atoms with Crippen molar-refractivity contribution in [3.8, 4) is 0 Å². The van der Waals surface area contributed by atoms with Gasteiger partial charge in [0.05, 0.1) is 22.1 Å². The third-order valence-electron chi connectivity index (χ3n) is 4.21. The molecule has 1 aromatic carbocycles. The molecular weight excluding hydrogens is 283 g/mol. The molecule has 1 aliphatic heterocycles. The number of benzene rings is 1. The first-order valence-corrected chi connectivity index (χ1v) is 7.05. The van der Waals surface area contributed by atoms with Gasteiger partial charge >= 0.3 is 5.97 Å². The Morgan fingerprint density at radius 2 is 2.16 bits per heavy atom. The van der Waals surface area contributed by atoms with Gasteiger partial charge in [0, 0.05) is 5.92 Å². The van der Waals surface area contributed by atoms with Crippen molar-refractivity contribution >= 4 is 29.2 Å². The van der Waals surface area contributed by atoms with Crippen molar-refractivity contribution in [3.05, 3.63) is 46.0 Å². The van der Waals surface area contributed by atoms with E-state index in [2.05, 4.69) is 6.58 Å². The highest BCUT2D eigenvalue weighted by atomic mass is 35.5. The average Bonchev–Trinajstić information content (AvgIpc) is 2.81. The molecule has 0 N–H and O–H groups in total. The van der Waals surface area contributed by atoms with Crippen molar-refractivity contribution < 1.29 is 9.53 Å². The Balaban J connectivity index is 1.93. The Bertz CT molecular complexity index is 567. The minimum atomic E-state index is -0.436. The number of hydrogen-bond acceptors (Lipinski definition) is 2. The van der Waals surface area contributed by atoms with Gasteiger partial charge in [0.15, 0.2) is 0 Å². The molecule has 100 valence electrons. The summed E-state index contributed by atoms with van der Waals surface area (Å²) in [7, 11) is 0. The second-order valence-electron chi connectivity index (χ2n) is 5.51. The largest absolute Gasteiger partial charge is 0.465 e. The van der Waals surface area contributed by atoms with Crippen LogP contribution in [0.15, 0.2) is 30.4 Å². The number of rotatable bonds is 2. The first-order valence-electron chi connectivity index (χ1n) is 6.29. The molecule has 0 radical (unpaired) electrons. The molecule has 1 saturated carbocycles. The van der Waals surface area contributed by atoms with Crippen LogP contribution in [0.5, 0.6) is 0 Å². The average molecular weight is 297 g/mol. The van der Waals surface area contributed by atoms with E-state index in [4.69, 9.17) is 27.9 Å². The lowest BCUT2D eigenvalue weighted by Crippen LogP contribution is -2.31. The van der Waals surface area contributed by atoms with E-state index >= 15 is 0 Å². The summed E-state index contributed by atoms with van der Waals surface area (Å²) < 4.78 is 5.26. The van der Waals surface area contributed by atoms with Crippen LogP contribution in [0, 0.1) is 11.3 Å². The fourth-order valence-corrected chi connectivity index (χ4v) is 3.60. The Kier molecular flexibility index (Phi) is 3.11. The van der Waals surface area contributed by atoms with Crippen LogP contribution in [-0.2, 0) is 16.0 Å². The van der Waals surface area contributed by atoms with E-state index in [1.165, 1.54) is 0 Å². The lowest BCUT2D eigenvalue weighted by molar-refractivity contribution is -0.146. The molecule has 2 fully saturated rings. The zero-order valence-corrected chi connectivity index (χ0v) is 11.9. The van der Waals surface area contributed by atoms with Gasteiger partial charge in [0.25, 0.3) is 0 Å². The number of carbonyl (C=O) groups excluding carboxylic acids is 1. The molecular formula is C15H14Cl2O2. The Hall–Kier alpha value is -0.990. The second-order valence-corrected chi connectivity index (χ2v) is 6.32. The highest BCUT2D eigenvalue weighted by Gasteiger charge is 2.55. The fraction of sp³-hybridized carbons (Fsp3) is 0.400. The summed E-state index contributed by atoms with van der Waals surface area (Å²) in [5.41, 5.74) is 1.73. The molecule has 1 heterocycles. The van der Waals surface area contributed by atoms with Crippen LogP contribution in [-0.4, -0.2) is 12.6 Å². The minimum Gasteiger partial charge on any atom is -0.465 e. The molecule has 0 bridgehead atoms. The summed E-state index contributed by atoms with van der Waals surface area (Å²) in [5.74, 6) is 0.157. The Morgan fingerprint density at radius 1 is 1.37 bits per heavy atom. The Labute approximate surface area is 122 Å². The maximum atomic E-state index is 12.2. The van der Waals surface area contributed by atoms with Crippen molar-refractivity contribution in [3.63, 3.8) is 0 Å². The molecule has 2 atom stereocenters. The van der Waals surface area contributed by atoms with Crippen LogP contribution in [0.2, 0.25) is 10.0 Å². The van der Waals surface area contributed by atoms with E-state index in [1.807, 2.05) is 12.1 Å². The van der Waals surface area contributed by atoms with Gasteiger partial charge < -0.3 is 4.74 Å². The molecule has 19 heavy (non-hydrogen) atoms. The van der Waals surface area contributed by atoms with Gasteiger partial charge in [-0.3, -0.25) is 4.79 Å². The summed E-state index contributed by atoms with van der Waals surface area (Å²) in [5, 5.41) is 1.06. The van der Waals surface area contributed by atoms with Crippen LogP contribution >= 0.6 is 23.2 Å². The molecule has 2 nitrogen and oxygen atoms in total. The first kappa shape index (κ1) is 13.0. The summed E-state index contributed by atoms with van der Waals surface area (Å²) in [6.45, 7) is 4.55. The van der Waals surface area contributed by atoms with Gasteiger partial charge in [-0.25, -0.2) is 0 Å². The van der Waals surface area contributed by atoms with Crippen molar-refractivity contribution in [1.82, 2.24) is 0 Å². The highest BCUT2D eigenvalue weighted by molar-refractivity contribution is 6.42. The van der Waals surface area contributed by atoms with Gasteiger partial charge in [-0.1, -0.05) is 41.4 Å². The SMILES string of the molecule is C=C1CC2COC(=O)C2(Cc2ccc(Cl)c(Cl)c2)C1. The predicted octanol–water partition coefficient (Wildman–Crippen LogP) is 4.05. The van der Waals surface area contributed by atoms with E-state index in [1.54, 1.807) is 6.07 Å². The molecule has 1 saturated heterocycles. The minimum absolute atomic E-state index is 0.0952. The van der Waals surface area contributed by atoms with Gasteiger partial charge in [-0.15, -0.1) is 0 Å². The number of fused-ring (bicyclic) bond motifs is 1. The van der Waals surface area contributed by atoms with E-state index in [0.29, 0.717) is 23.1 Å². The molecule has 1 aromatic rings. The number of hydrogen-bond donors (Lipinski definition) is 0. The van der Waals surface area contributed by atoms with Gasteiger partial charge in [0.2, 0.25) is 0 Å². The topological polar surface area (TPSA) is 26.3 Å². The van der Waals surface area contributed by atoms with E-state index in [0.717, 1.165) is 24.0 Å². The van der Waals surface area contributed by atoms with Crippen molar-refractivity contribution in [2.45, 2.75) is 19.3 Å². The van der Waals surface area contributed by atoms with Crippen LogP contribution in [0.3, 0.4) is 0 Å². The monoisotopic (exact) mass is 296 g/mol. The van der Waals surface area contributed by atoms with Crippen molar-refractivity contribution in [2.24, 2.45) is 11.3 Å². The smallest absolute Gasteiger partial charge is 0.313 e. The second kappa shape index (κ2) is 4.53. The maximum Gasteiger partial charge on any atom is 0.313 e. The summed E-state index contributed by atoms with van der Waals surface area (Å²) >= 11 is 12.0. The summed E-state index contributed by atoms with van der Waals surface area (Å²) in [6.07, 6.45) is 2.25. The third-order valence-corrected chi connectivity index (χ3v) is 4.95. The number of ether oxygens (including phenoxy) is 1. The van der Waals surface area contributed by atoms with Gasteiger partial charge in [-0.05, 0) is 37.0 Å². The number of allylic oxidation sites excluding steroid dienone is 1. The zero-order valence-electron chi connectivity index (χ0n) is 10.4. The van der Waals surface area contributed by atoms with E-state index in [-0.39, 0.29) is 11.9 Å². The highest BCUT2D eigenvalue weighted by Crippen LogP contribution is 2.52. The van der Waals surface area contributed by atoms with Gasteiger partial charge in [-0.2, -0.15) is 0 Å². The van der Waals surface area contributed by atoms with E-state index in [9.17, 15) is 4.79 Å². The summed E-state index contributed by atoms with van der Waals surface area (Å²) in [4.78, 5) is 12.2. The van der Waals surface area contributed by atoms with E-state index < -0.39 is 5.41 Å². The predicted molar refractivity (Wildman–Crippen MR) is 75.4 cm³/mol. The molecule has 0 amide bonds. The Morgan fingerprint density at radius 3 is 2.89 bits per heavy atom. The third kappa shape index (κ3) is 2.07. The van der Waals surface area contributed by atoms with Crippen molar-refractivity contribution in [2.75, 3.05) is 6.61 Å². The molecule has 1 aliphatic carbocycles. The summed E-state index contributed by atoms with van der Waals surface area (Å²) in [6, 6.07) is 5.53. The standard InChI is InChI=1S/C15H14Cl2O2/c1-9-4-11-8-19-14(18)15(11,6-9)7-10-2-3-12(16)13(17)5-10/h2-3,5,11H,1,4,6-8H2. The van der Waals surface area contributed by atoms with Crippen LogP contribution in [0.25, 0.3) is 0 Å². The lowest BCUT2D eigenvalue weighted by Gasteiger charge is -2.24. The normalized spacial score (nSPS) is 29.5. The lowest BCUT2D eigenvalue weighted by atomic mass is 9.75. The van der Waals surface area contributed by atoms with Crippen molar-refractivity contribution in [1.29, 1.82) is 0 Å². The molecule has 4 heteroatoms. The molecule has 2 aliphatic rings. The number of esters is 1. The van der Waals surface area contributed by atoms with Crippen LogP contribution < -0.4 is 0 Å². The quantitative estimate of drug-likeness (QED) is 0.608. The number of halogens is 2. The fourth-order valence-electron chi connectivity index (χ4n) is 3.28. The zero-order chi connectivity index (χ0) is 13.6. The number of cyclic esters (lactones) is 1. The number of carbonyl (C=O) groups is 1. The maximum absolute atomic E-state index is 12.2. The molecule has 3 rings (SSSR count). The molecule has 0 aromatic heterocycles. The van der Waals surface area contributed by atoms with Gasteiger partial charge in [0.1, 0.15) is 0 Å². The molecule has 0 spiro atoms.